The van der Waals surface area contributed by atoms with Crippen molar-refractivity contribution >= 4 is 39.4 Å². The number of fused-ring (bicyclic) bond motifs is 1. The summed E-state index contributed by atoms with van der Waals surface area (Å²) >= 11 is 7.69. The average molecular weight is 359 g/mol. The third kappa shape index (κ3) is 3.09. The Hall–Kier alpha value is -1.75. The fraction of sp³-hybridized carbons (Fsp3) is 0.263. The fourth-order valence-electron chi connectivity index (χ4n) is 3.25. The van der Waals surface area contributed by atoms with Crippen LogP contribution in [0.2, 0.25) is 4.34 Å². The summed E-state index contributed by atoms with van der Waals surface area (Å²) in [5, 5.41) is 1.24. The van der Waals surface area contributed by atoms with E-state index in [1.807, 2.05) is 12.1 Å². The maximum absolute atomic E-state index is 6.02. The molecule has 3 nitrogen and oxygen atoms in total. The molecule has 4 rings (SSSR count). The lowest BCUT2D eigenvalue weighted by molar-refractivity contribution is 0.296. The number of hydrogen-bond donors (Lipinski definition) is 1. The van der Waals surface area contributed by atoms with E-state index in [0.29, 0.717) is 0 Å². The molecular formula is C19H19ClN2OS. The molecule has 3 heterocycles. The van der Waals surface area contributed by atoms with Crippen molar-refractivity contribution in [3.63, 3.8) is 0 Å². The number of nitrogens with one attached hydrogen (secondary N) is 1. The van der Waals surface area contributed by atoms with Crippen LogP contribution in [0, 0.1) is 0 Å². The molecule has 2 aromatic heterocycles. The maximum atomic E-state index is 6.02. The molecule has 0 saturated carbocycles. The summed E-state index contributed by atoms with van der Waals surface area (Å²) in [6.45, 7) is 3.02. The number of methoxy groups -OCH3 is 1. The molecule has 0 unspecified atom stereocenters. The lowest BCUT2D eigenvalue weighted by atomic mass is 9.99. The van der Waals surface area contributed by atoms with Crippen molar-refractivity contribution < 1.29 is 4.74 Å². The average Bonchev–Trinajstić information content (AvgIpc) is 3.21. The second-order valence-electron chi connectivity index (χ2n) is 6.03. The van der Waals surface area contributed by atoms with Gasteiger partial charge in [0.15, 0.2) is 0 Å². The number of benzene rings is 1. The number of aromatic nitrogens is 1. The van der Waals surface area contributed by atoms with Gasteiger partial charge >= 0.3 is 0 Å². The Bertz CT molecular complexity index is 896. The van der Waals surface area contributed by atoms with Crippen molar-refractivity contribution in [2.75, 3.05) is 20.2 Å². The van der Waals surface area contributed by atoms with Gasteiger partial charge in [-0.05, 0) is 42.3 Å². The predicted octanol–water partition coefficient (Wildman–Crippen LogP) is 5.18. The second-order valence-corrected chi connectivity index (χ2v) is 7.83. The molecule has 24 heavy (non-hydrogen) atoms. The number of rotatable bonds is 4. The van der Waals surface area contributed by atoms with Crippen LogP contribution in [-0.2, 0) is 6.54 Å². The van der Waals surface area contributed by atoms with Crippen LogP contribution < -0.4 is 4.74 Å². The van der Waals surface area contributed by atoms with Crippen molar-refractivity contribution in [3.05, 3.63) is 57.4 Å². The molecule has 0 radical (unpaired) electrons. The summed E-state index contributed by atoms with van der Waals surface area (Å²) < 4.78 is 6.23. The highest BCUT2D eigenvalue weighted by molar-refractivity contribution is 7.16. The van der Waals surface area contributed by atoms with E-state index in [1.165, 1.54) is 21.4 Å². The van der Waals surface area contributed by atoms with Gasteiger partial charge in [0.1, 0.15) is 5.75 Å². The number of nitrogens with zero attached hydrogens (tertiary/aromatic N) is 1. The van der Waals surface area contributed by atoms with Gasteiger partial charge in [-0.3, -0.25) is 4.90 Å². The zero-order valence-electron chi connectivity index (χ0n) is 13.5. The Morgan fingerprint density at radius 3 is 2.92 bits per heavy atom. The molecule has 0 bridgehead atoms. The molecule has 0 aliphatic carbocycles. The van der Waals surface area contributed by atoms with Crippen LogP contribution in [0.15, 0.2) is 42.6 Å². The quantitative estimate of drug-likeness (QED) is 0.696. The summed E-state index contributed by atoms with van der Waals surface area (Å²) in [4.78, 5) is 7.15. The van der Waals surface area contributed by atoms with Gasteiger partial charge in [-0.15, -0.1) is 11.3 Å². The third-order valence-corrected chi connectivity index (χ3v) is 5.75. The maximum Gasteiger partial charge on any atom is 0.119 e. The summed E-state index contributed by atoms with van der Waals surface area (Å²) in [6, 6.07) is 10.3. The van der Waals surface area contributed by atoms with Gasteiger partial charge in [0.05, 0.1) is 11.4 Å². The SMILES string of the molecule is COc1ccc2[nH]cc(C3=CCN(Cc4ccc(Cl)s4)CC3)c2c1. The number of aromatic amines is 1. The summed E-state index contributed by atoms with van der Waals surface area (Å²) in [5.41, 5.74) is 3.86. The zero-order valence-corrected chi connectivity index (χ0v) is 15.1. The van der Waals surface area contributed by atoms with E-state index in [-0.39, 0.29) is 0 Å². The van der Waals surface area contributed by atoms with E-state index >= 15 is 0 Å². The normalized spacial score (nSPS) is 15.7. The monoisotopic (exact) mass is 358 g/mol. The van der Waals surface area contributed by atoms with Gasteiger partial charge in [-0.1, -0.05) is 17.7 Å². The molecule has 0 spiro atoms. The largest absolute Gasteiger partial charge is 0.497 e. The Morgan fingerprint density at radius 1 is 1.29 bits per heavy atom. The van der Waals surface area contributed by atoms with E-state index < -0.39 is 0 Å². The van der Waals surface area contributed by atoms with E-state index in [4.69, 9.17) is 16.3 Å². The number of hydrogen-bond acceptors (Lipinski definition) is 3. The van der Waals surface area contributed by atoms with Crippen LogP contribution in [0.3, 0.4) is 0 Å². The Morgan fingerprint density at radius 2 is 2.21 bits per heavy atom. The van der Waals surface area contributed by atoms with Crippen molar-refractivity contribution in [1.82, 2.24) is 9.88 Å². The minimum Gasteiger partial charge on any atom is -0.497 e. The van der Waals surface area contributed by atoms with Crippen molar-refractivity contribution in [2.45, 2.75) is 13.0 Å². The molecule has 3 aromatic rings. The number of ether oxygens (including phenoxy) is 1. The minimum atomic E-state index is 0.867. The topological polar surface area (TPSA) is 28.3 Å². The van der Waals surface area contributed by atoms with Gasteiger partial charge in [-0.2, -0.15) is 0 Å². The minimum absolute atomic E-state index is 0.867. The molecule has 124 valence electrons. The van der Waals surface area contributed by atoms with Gasteiger partial charge < -0.3 is 9.72 Å². The molecule has 1 aliphatic heterocycles. The number of H-pyrrole nitrogens is 1. The molecule has 0 fully saturated rings. The lowest BCUT2D eigenvalue weighted by Crippen LogP contribution is -2.27. The van der Waals surface area contributed by atoms with Crippen LogP contribution in [0.25, 0.3) is 16.5 Å². The molecule has 0 amide bonds. The highest BCUT2D eigenvalue weighted by Crippen LogP contribution is 2.32. The van der Waals surface area contributed by atoms with Gasteiger partial charge in [0.2, 0.25) is 0 Å². The number of thiophene rings is 1. The lowest BCUT2D eigenvalue weighted by Gasteiger charge is -2.25. The molecule has 1 N–H and O–H groups in total. The van der Waals surface area contributed by atoms with Crippen molar-refractivity contribution in [1.29, 1.82) is 0 Å². The van der Waals surface area contributed by atoms with Crippen molar-refractivity contribution in [2.24, 2.45) is 0 Å². The molecule has 5 heteroatoms. The van der Waals surface area contributed by atoms with Gasteiger partial charge in [0, 0.05) is 47.2 Å². The Kier molecular flexibility index (Phi) is 4.35. The summed E-state index contributed by atoms with van der Waals surface area (Å²) in [7, 11) is 1.71. The van der Waals surface area contributed by atoms with Crippen LogP contribution in [0.4, 0.5) is 0 Å². The highest BCUT2D eigenvalue weighted by Gasteiger charge is 2.16. The van der Waals surface area contributed by atoms with E-state index in [1.54, 1.807) is 18.4 Å². The number of halogens is 1. The zero-order chi connectivity index (χ0) is 16.5. The molecule has 0 saturated heterocycles. The van der Waals surface area contributed by atoms with Crippen LogP contribution in [-0.4, -0.2) is 30.1 Å². The second kappa shape index (κ2) is 6.63. The fourth-order valence-corrected chi connectivity index (χ4v) is 4.38. The highest BCUT2D eigenvalue weighted by atomic mass is 35.5. The van der Waals surface area contributed by atoms with Crippen LogP contribution >= 0.6 is 22.9 Å². The van der Waals surface area contributed by atoms with E-state index in [0.717, 1.165) is 41.7 Å². The molecular weight excluding hydrogens is 340 g/mol. The first kappa shape index (κ1) is 15.8. The van der Waals surface area contributed by atoms with Gasteiger partial charge in [-0.25, -0.2) is 0 Å². The van der Waals surface area contributed by atoms with Crippen molar-refractivity contribution in [3.8, 4) is 5.75 Å². The van der Waals surface area contributed by atoms with Gasteiger partial charge in [0.25, 0.3) is 0 Å². The molecule has 0 atom stereocenters. The Balaban J connectivity index is 1.53. The smallest absolute Gasteiger partial charge is 0.119 e. The van der Waals surface area contributed by atoms with Crippen LogP contribution in [0.5, 0.6) is 5.75 Å². The summed E-state index contributed by atoms with van der Waals surface area (Å²) in [5.74, 6) is 0.899. The first-order valence-corrected chi connectivity index (χ1v) is 9.23. The molecule has 1 aliphatic rings. The Labute approximate surface area is 150 Å². The van der Waals surface area contributed by atoms with E-state index in [9.17, 15) is 0 Å². The first-order chi connectivity index (χ1) is 11.7. The first-order valence-electron chi connectivity index (χ1n) is 8.04. The standard InChI is InChI=1S/C19H19ClN2OS/c1-23-14-2-4-18-16(10-14)17(11-21-18)13-6-8-22(9-7-13)12-15-3-5-19(20)24-15/h2-6,10-11,21H,7-9,12H2,1H3. The predicted molar refractivity (Wildman–Crippen MR) is 102 cm³/mol. The third-order valence-electron chi connectivity index (χ3n) is 4.54. The summed E-state index contributed by atoms with van der Waals surface area (Å²) in [6.07, 6.45) is 5.52. The van der Waals surface area contributed by atoms with Crippen LogP contribution in [0.1, 0.15) is 16.9 Å². The van der Waals surface area contributed by atoms with E-state index in [2.05, 4.69) is 40.4 Å². The molecule has 1 aromatic carbocycles.